The first-order chi connectivity index (χ1) is 12.8. The van der Waals surface area contributed by atoms with E-state index >= 15 is 0 Å². The predicted octanol–water partition coefficient (Wildman–Crippen LogP) is -0.457. The monoisotopic (exact) mass is 397 g/mol. The molecule has 27 heavy (non-hydrogen) atoms. The molecule has 0 aromatic carbocycles. The summed E-state index contributed by atoms with van der Waals surface area (Å²) < 4.78 is 0. The first-order valence-corrected chi connectivity index (χ1v) is 9.11. The highest BCUT2D eigenvalue weighted by atomic mass is 32.2. The zero-order valence-electron chi connectivity index (χ0n) is 14.2. The summed E-state index contributed by atoms with van der Waals surface area (Å²) in [5.41, 5.74) is 6.28. The van der Waals surface area contributed by atoms with Crippen molar-refractivity contribution in [2.75, 3.05) is 17.2 Å². The molecular formula is C15H19N5O6S. The van der Waals surface area contributed by atoms with Crippen molar-refractivity contribution in [3.8, 4) is 0 Å². The normalized spacial score (nSPS) is 12.0. The van der Waals surface area contributed by atoms with Crippen molar-refractivity contribution in [1.29, 1.82) is 0 Å². The van der Waals surface area contributed by atoms with Gasteiger partial charge in [0, 0.05) is 12.1 Å². The first-order valence-electron chi connectivity index (χ1n) is 7.95. The second-order valence-corrected chi connectivity index (χ2v) is 6.81. The Morgan fingerprint density at radius 3 is 2.70 bits per heavy atom. The number of nitrogens with one attached hydrogen (secondary N) is 3. The number of aliphatic carboxylic acids is 2. The summed E-state index contributed by atoms with van der Waals surface area (Å²) in [5, 5.41) is 20.3. The molecule has 0 radical (unpaired) electrons. The van der Waals surface area contributed by atoms with Crippen molar-refractivity contribution in [3.05, 3.63) is 22.1 Å². The summed E-state index contributed by atoms with van der Waals surface area (Å²) in [5.74, 6) is -2.30. The molecule has 1 amide bonds. The number of carbonyl (C=O) groups excluding carboxylic acids is 1. The van der Waals surface area contributed by atoms with E-state index in [0.29, 0.717) is 23.2 Å². The van der Waals surface area contributed by atoms with Crippen LogP contribution in [-0.2, 0) is 20.8 Å². The molecule has 0 aliphatic heterocycles. The molecule has 7 N–H and O–H groups in total. The molecule has 0 saturated heterocycles. The van der Waals surface area contributed by atoms with Crippen molar-refractivity contribution in [2.24, 2.45) is 0 Å². The van der Waals surface area contributed by atoms with Gasteiger partial charge in [-0.2, -0.15) is 16.7 Å². The zero-order valence-corrected chi connectivity index (χ0v) is 15.0. The summed E-state index contributed by atoms with van der Waals surface area (Å²) in [6, 6.07) is 0.430. The lowest BCUT2D eigenvalue weighted by Crippen LogP contribution is -2.42. The Hall–Kier alpha value is -3.02. The molecule has 2 rings (SSSR count). The highest BCUT2D eigenvalue weighted by Crippen LogP contribution is 2.12. The highest BCUT2D eigenvalue weighted by Gasteiger charge is 2.20. The van der Waals surface area contributed by atoms with E-state index in [2.05, 4.69) is 20.3 Å². The third kappa shape index (κ3) is 6.02. The first kappa shape index (κ1) is 20.3. The number of anilines is 1. The van der Waals surface area contributed by atoms with Gasteiger partial charge in [0.15, 0.2) is 0 Å². The SMILES string of the molecule is Nc1nc2[nH]c(CCSCC(=O)N[C@@H](CCC(=O)O)C(=O)O)cc2c(=O)[nH]1. The third-order valence-electron chi connectivity index (χ3n) is 3.60. The molecule has 0 unspecified atom stereocenters. The number of carboxylic acids is 2. The number of hydrogen-bond donors (Lipinski definition) is 6. The van der Waals surface area contributed by atoms with Crippen LogP contribution in [0.1, 0.15) is 18.5 Å². The highest BCUT2D eigenvalue weighted by molar-refractivity contribution is 7.99. The molecule has 0 bridgehead atoms. The van der Waals surface area contributed by atoms with Crippen LogP contribution in [0.15, 0.2) is 10.9 Å². The Kier molecular flexibility index (Phi) is 6.82. The minimum atomic E-state index is -1.27. The zero-order chi connectivity index (χ0) is 20.0. The van der Waals surface area contributed by atoms with Gasteiger partial charge in [0.1, 0.15) is 11.7 Å². The number of H-pyrrole nitrogens is 2. The fourth-order valence-corrected chi connectivity index (χ4v) is 3.11. The lowest BCUT2D eigenvalue weighted by atomic mass is 10.1. The minimum absolute atomic E-state index is 0.0165. The lowest BCUT2D eigenvalue weighted by molar-refractivity contribution is -0.142. The molecule has 2 aromatic heterocycles. The summed E-state index contributed by atoms with van der Waals surface area (Å²) in [4.78, 5) is 54.5. The van der Waals surface area contributed by atoms with E-state index < -0.39 is 23.9 Å². The van der Waals surface area contributed by atoms with E-state index in [9.17, 15) is 19.2 Å². The van der Waals surface area contributed by atoms with Crippen LogP contribution in [0, 0.1) is 0 Å². The summed E-state index contributed by atoms with van der Waals surface area (Å²) in [6.07, 6.45) is 0.0122. The number of carbonyl (C=O) groups is 3. The second-order valence-electron chi connectivity index (χ2n) is 5.70. The summed E-state index contributed by atoms with van der Waals surface area (Å²) in [7, 11) is 0. The molecule has 0 fully saturated rings. The Balaban J connectivity index is 1.79. The number of nitrogen functional groups attached to an aromatic ring is 1. The third-order valence-corrected chi connectivity index (χ3v) is 4.56. The number of thioether (sulfide) groups is 1. The van der Waals surface area contributed by atoms with E-state index in [0.717, 1.165) is 5.69 Å². The number of hydrogen-bond acceptors (Lipinski definition) is 7. The van der Waals surface area contributed by atoms with Crippen molar-refractivity contribution in [2.45, 2.75) is 25.3 Å². The van der Waals surface area contributed by atoms with Gasteiger partial charge in [0.25, 0.3) is 5.56 Å². The minimum Gasteiger partial charge on any atom is -0.481 e. The van der Waals surface area contributed by atoms with Crippen LogP contribution >= 0.6 is 11.8 Å². The molecule has 2 heterocycles. The van der Waals surface area contributed by atoms with E-state index in [4.69, 9.17) is 15.9 Å². The van der Waals surface area contributed by atoms with Crippen molar-refractivity contribution < 1.29 is 24.6 Å². The van der Waals surface area contributed by atoms with E-state index in [-0.39, 0.29) is 30.1 Å². The van der Waals surface area contributed by atoms with Gasteiger partial charge >= 0.3 is 11.9 Å². The van der Waals surface area contributed by atoms with Gasteiger partial charge in [-0.3, -0.25) is 19.4 Å². The average molecular weight is 397 g/mol. The van der Waals surface area contributed by atoms with E-state index in [1.165, 1.54) is 11.8 Å². The average Bonchev–Trinajstić information content (AvgIpc) is 2.98. The van der Waals surface area contributed by atoms with Gasteiger partial charge in [-0.25, -0.2) is 4.79 Å². The number of aromatic amines is 2. The van der Waals surface area contributed by atoms with Crippen LogP contribution in [0.2, 0.25) is 0 Å². The van der Waals surface area contributed by atoms with Gasteiger partial charge in [-0.05, 0) is 24.7 Å². The smallest absolute Gasteiger partial charge is 0.326 e. The van der Waals surface area contributed by atoms with Crippen LogP contribution in [0.4, 0.5) is 5.95 Å². The molecule has 146 valence electrons. The molecule has 0 saturated carbocycles. The van der Waals surface area contributed by atoms with Crippen LogP contribution in [0.3, 0.4) is 0 Å². The van der Waals surface area contributed by atoms with Gasteiger partial charge in [-0.1, -0.05) is 0 Å². The number of fused-ring (bicyclic) bond motifs is 1. The van der Waals surface area contributed by atoms with Crippen LogP contribution < -0.4 is 16.6 Å². The topological polar surface area (TPSA) is 191 Å². The quantitative estimate of drug-likeness (QED) is 0.288. The fourth-order valence-electron chi connectivity index (χ4n) is 2.33. The summed E-state index contributed by atoms with van der Waals surface area (Å²) >= 11 is 1.28. The van der Waals surface area contributed by atoms with Crippen LogP contribution in [0.25, 0.3) is 11.0 Å². The van der Waals surface area contributed by atoms with Gasteiger partial charge in [-0.15, -0.1) is 0 Å². The van der Waals surface area contributed by atoms with Crippen molar-refractivity contribution in [3.63, 3.8) is 0 Å². The van der Waals surface area contributed by atoms with Crippen LogP contribution in [-0.4, -0.2) is 60.6 Å². The van der Waals surface area contributed by atoms with Gasteiger partial charge in [0.2, 0.25) is 11.9 Å². The Bertz CT molecular complexity index is 908. The number of aryl methyl sites for hydroxylation is 1. The predicted molar refractivity (Wildman–Crippen MR) is 98.6 cm³/mol. The molecule has 0 aliphatic carbocycles. The van der Waals surface area contributed by atoms with E-state index in [1.807, 2.05) is 0 Å². The Morgan fingerprint density at radius 1 is 1.30 bits per heavy atom. The molecular weight excluding hydrogens is 378 g/mol. The Morgan fingerprint density at radius 2 is 2.04 bits per heavy atom. The molecule has 0 aliphatic rings. The van der Waals surface area contributed by atoms with Gasteiger partial charge < -0.3 is 26.2 Å². The number of rotatable bonds is 10. The summed E-state index contributed by atoms with van der Waals surface area (Å²) in [6.45, 7) is 0. The number of nitrogens with zero attached hydrogens (tertiary/aromatic N) is 1. The molecule has 2 aromatic rings. The molecule has 0 spiro atoms. The standard InChI is InChI=1S/C15H19N5O6S/c16-15-19-12-8(13(24)20-15)5-7(17-12)3-4-27-6-10(21)18-9(14(25)26)1-2-11(22)23/h5,9H,1-4,6H2,(H,18,21)(H,22,23)(H,25,26)(H4,16,17,19,20,24)/t9-/m0/s1. The maximum atomic E-state index is 11.8. The van der Waals surface area contributed by atoms with Crippen molar-refractivity contribution >= 4 is 46.6 Å². The fraction of sp³-hybridized carbons (Fsp3) is 0.400. The number of aromatic nitrogens is 3. The Labute approximate surface area is 156 Å². The second kappa shape index (κ2) is 9.07. The molecule has 11 nitrogen and oxygen atoms in total. The number of amides is 1. The number of carboxylic acid groups (broad SMARTS) is 2. The molecule has 12 heteroatoms. The largest absolute Gasteiger partial charge is 0.481 e. The maximum Gasteiger partial charge on any atom is 0.326 e. The van der Waals surface area contributed by atoms with Crippen molar-refractivity contribution in [1.82, 2.24) is 20.3 Å². The van der Waals surface area contributed by atoms with Crippen LogP contribution in [0.5, 0.6) is 0 Å². The molecule has 1 atom stereocenters. The van der Waals surface area contributed by atoms with Gasteiger partial charge in [0.05, 0.1) is 11.1 Å². The lowest BCUT2D eigenvalue weighted by Gasteiger charge is -2.13. The maximum absolute atomic E-state index is 11.8. The number of nitrogens with two attached hydrogens (primary N) is 1. The van der Waals surface area contributed by atoms with E-state index in [1.54, 1.807) is 6.07 Å².